The van der Waals surface area contributed by atoms with Crippen LogP contribution in [0.3, 0.4) is 0 Å². The van der Waals surface area contributed by atoms with Gasteiger partial charge in [0.15, 0.2) is 5.69 Å². The van der Waals surface area contributed by atoms with E-state index in [2.05, 4.69) is 21.7 Å². The summed E-state index contributed by atoms with van der Waals surface area (Å²) >= 11 is 1.14. The molecule has 25 heavy (non-hydrogen) atoms. The Morgan fingerprint density at radius 3 is 2.84 bits per heavy atom. The van der Waals surface area contributed by atoms with Crippen molar-refractivity contribution in [2.24, 2.45) is 5.41 Å². The SMILES string of the molecule is CCOC(=O)c1nnsc1CC1(C#N)C=CC(c2ccccc2)=CC1. The molecule has 1 aliphatic carbocycles. The number of allylic oxidation sites excluding steroid dienone is 4. The molecule has 1 aromatic heterocycles. The molecule has 0 saturated heterocycles. The van der Waals surface area contributed by atoms with E-state index >= 15 is 0 Å². The largest absolute Gasteiger partial charge is 0.461 e. The first-order valence-electron chi connectivity index (χ1n) is 8.02. The molecule has 5 nitrogen and oxygen atoms in total. The van der Waals surface area contributed by atoms with Crippen LogP contribution in [0.25, 0.3) is 5.57 Å². The van der Waals surface area contributed by atoms with Crippen LogP contribution in [0, 0.1) is 16.7 Å². The van der Waals surface area contributed by atoms with Gasteiger partial charge >= 0.3 is 5.97 Å². The van der Waals surface area contributed by atoms with E-state index in [0.717, 1.165) is 22.7 Å². The summed E-state index contributed by atoms with van der Waals surface area (Å²) in [5.41, 5.74) is 1.73. The van der Waals surface area contributed by atoms with E-state index in [1.165, 1.54) is 0 Å². The van der Waals surface area contributed by atoms with Crippen LogP contribution >= 0.6 is 11.5 Å². The minimum atomic E-state index is -0.701. The molecule has 1 heterocycles. The summed E-state index contributed by atoms with van der Waals surface area (Å²) in [6, 6.07) is 12.4. The molecule has 1 aliphatic rings. The summed E-state index contributed by atoms with van der Waals surface area (Å²) in [5, 5.41) is 13.6. The maximum atomic E-state index is 12.0. The fraction of sp³-hybridized carbons (Fsp3) is 0.263. The Bertz CT molecular complexity index is 864. The van der Waals surface area contributed by atoms with Gasteiger partial charge in [0.25, 0.3) is 0 Å². The Morgan fingerprint density at radius 2 is 2.20 bits per heavy atom. The van der Waals surface area contributed by atoms with Crippen LogP contribution in [0.5, 0.6) is 0 Å². The molecular weight excluding hydrogens is 334 g/mol. The van der Waals surface area contributed by atoms with Gasteiger partial charge in [-0.15, -0.1) is 5.10 Å². The van der Waals surface area contributed by atoms with Gasteiger partial charge in [-0.2, -0.15) is 5.26 Å². The zero-order valence-electron chi connectivity index (χ0n) is 13.8. The number of carbonyl (C=O) groups excluding carboxylic acids is 1. The number of benzene rings is 1. The lowest BCUT2D eigenvalue weighted by Crippen LogP contribution is -2.21. The first kappa shape index (κ1) is 17.1. The maximum absolute atomic E-state index is 12.0. The molecular formula is C19H17N3O2S. The topological polar surface area (TPSA) is 75.9 Å². The molecule has 3 rings (SSSR count). The van der Waals surface area contributed by atoms with E-state index in [1.807, 2.05) is 42.5 Å². The third-order valence-corrected chi connectivity index (χ3v) is 4.82. The summed E-state index contributed by atoms with van der Waals surface area (Å²) < 4.78 is 8.87. The number of nitrogens with zero attached hydrogens (tertiary/aromatic N) is 3. The van der Waals surface area contributed by atoms with Crippen molar-refractivity contribution in [3.05, 3.63) is 64.7 Å². The van der Waals surface area contributed by atoms with E-state index in [4.69, 9.17) is 4.74 Å². The number of hydrogen-bond donors (Lipinski definition) is 0. The molecule has 0 amide bonds. The van der Waals surface area contributed by atoms with Crippen molar-refractivity contribution in [3.63, 3.8) is 0 Å². The van der Waals surface area contributed by atoms with Crippen LogP contribution in [0.15, 0.2) is 48.6 Å². The molecule has 1 atom stereocenters. The fourth-order valence-corrected chi connectivity index (χ4v) is 3.50. The van der Waals surface area contributed by atoms with E-state index in [9.17, 15) is 10.1 Å². The first-order valence-corrected chi connectivity index (χ1v) is 8.79. The monoisotopic (exact) mass is 351 g/mol. The molecule has 0 saturated carbocycles. The van der Waals surface area contributed by atoms with Crippen molar-refractivity contribution < 1.29 is 9.53 Å². The molecule has 126 valence electrons. The smallest absolute Gasteiger partial charge is 0.360 e. The van der Waals surface area contributed by atoms with E-state index < -0.39 is 11.4 Å². The summed E-state index contributed by atoms with van der Waals surface area (Å²) in [4.78, 5) is 12.6. The number of ether oxygens (including phenoxy) is 1. The van der Waals surface area contributed by atoms with Crippen LogP contribution in [-0.2, 0) is 11.2 Å². The van der Waals surface area contributed by atoms with Gasteiger partial charge in [0.1, 0.15) is 0 Å². The van der Waals surface area contributed by atoms with Gasteiger partial charge in [0.05, 0.1) is 23.0 Å². The second-order valence-corrected chi connectivity index (χ2v) is 6.61. The summed E-state index contributed by atoms with van der Waals surface area (Å²) in [6.45, 7) is 2.02. The average Bonchev–Trinajstić information content (AvgIpc) is 3.11. The molecule has 0 bridgehead atoms. The molecule has 0 radical (unpaired) electrons. The Kier molecular flexibility index (Phi) is 5.05. The van der Waals surface area contributed by atoms with Crippen LogP contribution < -0.4 is 0 Å². The van der Waals surface area contributed by atoms with Gasteiger partial charge in [-0.1, -0.05) is 53.0 Å². The Hall–Kier alpha value is -2.78. The van der Waals surface area contributed by atoms with E-state index in [0.29, 0.717) is 17.7 Å². The van der Waals surface area contributed by atoms with Gasteiger partial charge in [0, 0.05) is 6.42 Å². The standard InChI is InChI=1S/C19H17N3O2S/c1-2-24-18(23)17-16(25-22-21-17)12-19(13-20)10-8-15(9-11-19)14-6-4-3-5-7-14/h3-10H,2,11-12H2,1H3. The van der Waals surface area contributed by atoms with Crippen LogP contribution in [0.1, 0.15) is 34.3 Å². The summed E-state index contributed by atoms with van der Waals surface area (Å²) in [5.74, 6) is -0.486. The van der Waals surface area contributed by atoms with Crippen LogP contribution in [0.4, 0.5) is 0 Å². The molecule has 0 fully saturated rings. The Labute approximate surface area is 150 Å². The van der Waals surface area contributed by atoms with Gasteiger partial charge in [0.2, 0.25) is 0 Å². The van der Waals surface area contributed by atoms with Crippen molar-refractivity contribution in [2.45, 2.75) is 19.8 Å². The highest BCUT2D eigenvalue weighted by molar-refractivity contribution is 7.05. The number of nitriles is 1. The number of esters is 1. The summed E-state index contributed by atoms with van der Waals surface area (Å²) in [7, 11) is 0. The molecule has 0 spiro atoms. The Balaban J connectivity index is 1.80. The lowest BCUT2D eigenvalue weighted by molar-refractivity contribution is 0.0518. The highest BCUT2D eigenvalue weighted by Crippen LogP contribution is 2.37. The highest BCUT2D eigenvalue weighted by atomic mass is 32.1. The average molecular weight is 351 g/mol. The third kappa shape index (κ3) is 3.67. The molecule has 1 unspecified atom stereocenters. The minimum absolute atomic E-state index is 0.215. The van der Waals surface area contributed by atoms with Crippen molar-refractivity contribution in [1.29, 1.82) is 5.26 Å². The van der Waals surface area contributed by atoms with Crippen molar-refractivity contribution in [3.8, 4) is 6.07 Å². The fourth-order valence-electron chi connectivity index (χ4n) is 2.74. The minimum Gasteiger partial charge on any atom is -0.461 e. The predicted molar refractivity (Wildman–Crippen MR) is 95.8 cm³/mol. The van der Waals surface area contributed by atoms with Crippen molar-refractivity contribution >= 4 is 23.1 Å². The molecule has 0 N–H and O–H groups in total. The van der Waals surface area contributed by atoms with Gasteiger partial charge in [-0.25, -0.2) is 4.79 Å². The number of aromatic nitrogens is 2. The van der Waals surface area contributed by atoms with Crippen molar-refractivity contribution in [2.75, 3.05) is 6.61 Å². The number of carbonyl (C=O) groups is 1. The second kappa shape index (κ2) is 7.41. The normalized spacial score (nSPS) is 19.1. The summed E-state index contributed by atoms with van der Waals surface area (Å²) in [6.07, 6.45) is 6.93. The molecule has 1 aromatic carbocycles. The van der Waals surface area contributed by atoms with Gasteiger partial charge < -0.3 is 4.74 Å². The Morgan fingerprint density at radius 1 is 1.40 bits per heavy atom. The van der Waals surface area contributed by atoms with Crippen LogP contribution in [0.2, 0.25) is 0 Å². The number of hydrogen-bond acceptors (Lipinski definition) is 6. The van der Waals surface area contributed by atoms with Gasteiger partial charge in [-0.05, 0) is 36.0 Å². The molecule has 2 aromatic rings. The van der Waals surface area contributed by atoms with Crippen molar-refractivity contribution in [1.82, 2.24) is 9.59 Å². The first-order chi connectivity index (χ1) is 12.2. The lowest BCUT2D eigenvalue weighted by atomic mass is 9.77. The van der Waals surface area contributed by atoms with E-state index in [1.54, 1.807) is 6.92 Å². The zero-order valence-corrected chi connectivity index (χ0v) is 14.6. The molecule has 6 heteroatoms. The second-order valence-electron chi connectivity index (χ2n) is 5.77. The maximum Gasteiger partial charge on any atom is 0.360 e. The quantitative estimate of drug-likeness (QED) is 0.766. The lowest BCUT2D eigenvalue weighted by Gasteiger charge is -2.24. The van der Waals surface area contributed by atoms with Crippen LogP contribution in [-0.4, -0.2) is 22.2 Å². The number of rotatable bonds is 5. The van der Waals surface area contributed by atoms with E-state index in [-0.39, 0.29) is 12.3 Å². The molecule has 0 aliphatic heterocycles. The van der Waals surface area contributed by atoms with Gasteiger partial charge in [-0.3, -0.25) is 0 Å². The zero-order chi connectivity index (χ0) is 17.7. The predicted octanol–water partition coefficient (Wildman–Crippen LogP) is 3.81. The highest BCUT2D eigenvalue weighted by Gasteiger charge is 2.32. The third-order valence-electron chi connectivity index (χ3n) is 4.10.